The molecule has 0 aliphatic heterocycles. The summed E-state index contributed by atoms with van der Waals surface area (Å²) in [4.78, 5) is 12.6. The van der Waals surface area contributed by atoms with Crippen LogP contribution in [-0.4, -0.2) is 25.2 Å². The molecule has 2 aromatic carbocycles. The number of alkyl halides is 3. The summed E-state index contributed by atoms with van der Waals surface area (Å²) in [6.45, 7) is 0. The number of anilines is 1. The Morgan fingerprint density at radius 3 is 1.88 bits per heavy atom. The summed E-state index contributed by atoms with van der Waals surface area (Å²) in [5, 5.41) is 8.74. The van der Waals surface area contributed by atoms with Crippen molar-refractivity contribution < 1.29 is 23.1 Å². The van der Waals surface area contributed by atoms with Crippen molar-refractivity contribution >= 4 is 17.2 Å². The Hall–Kier alpha value is -3.02. The van der Waals surface area contributed by atoms with Crippen LogP contribution in [-0.2, 0) is 11.0 Å². The highest BCUT2D eigenvalue weighted by Crippen LogP contribution is 2.31. The lowest BCUT2D eigenvalue weighted by Gasteiger charge is -2.14. The van der Waals surface area contributed by atoms with E-state index in [1.807, 2.05) is 43.3 Å². The van der Waals surface area contributed by atoms with Gasteiger partial charge in [0.2, 0.25) is 0 Å². The van der Waals surface area contributed by atoms with E-state index in [0.717, 1.165) is 29.5 Å². The first-order valence-corrected chi connectivity index (χ1v) is 7.75. The van der Waals surface area contributed by atoms with E-state index in [1.54, 1.807) is 6.08 Å². The molecule has 6 heteroatoms. The molecule has 3 nitrogen and oxygen atoms in total. The molecule has 2 rings (SSSR count). The van der Waals surface area contributed by atoms with Gasteiger partial charge in [-0.1, -0.05) is 36.4 Å². The molecule has 0 atom stereocenters. The fourth-order valence-electron chi connectivity index (χ4n) is 2.36. The van der Waals surface area contributed by atoms with E-state index in [0.29, 0.717) is 11.1 Å². The Morgan fingerprint density at radius 1 is 0.962 bits per heavy atom. The van der Waals surface area contributed by atoms with Crippen molar-refractivity contribution in [1.29, 1.82) is 0 Å². The Labute approximate surface area is 149 Å². The van der Waals surface area contributed by atoms with Crippen molar-refractivity contribution in [2.24, 2.45) is 0 Å². The summed E-state index contributed by atoms with van der Waals surface area (Å²) in [7, 11) is 3.80. The van der Waals surface area contributed by atoms with Crippen LogP contribution in [0.25, 0.3) is 5.57 Å². The fourth-order valence-corrected chi connectivity index (χ4v) is 2.36. The molecule has 0 saturated heterocycles. The minimum Gasteiger partial charge on any atom is -0.478 e. The van der Waals surface area contributed by atoms with Gasteiger partial charge in [0.1, 0.15) is 0 Å². The maximum atomic E-state index is 12.8. The molecule has 1 N–H and O–H groups in total. The smallest absolute Gasteiger partial charge is 0.416 e. The van der Waals surface area contributed by atoms with Gasteiger partial charge in [-0.05, 0) is 41.0 Å². The lowest BCUT2D eigenvalue weighted by molar-refractivity contribution is -0.137. The van der Waals surface area contributed by atoms with E-state index in [-0.39, 0.29) is 0 Å². The zero-order valence-corrected chi connectivity index (χ0v) is 14.3. The van der Waals surface area contributed by atoms with Crippen molar-refractivity contribution in [3.05, 3.63) is 83.4 Å². The lowest BCUT2D eigenvalue weighted by Crippen LogP contribution is -2.08. The number of halogens is 3. The summed E-state index contributed by atoms with van der Waals surface area (Å²) < 4.78 is 38.3. The molecule has 0 aliphatic carbocycles. The van der Waals surface area contributed by atoms with Gasteiger partial charge in [-0.25, -0.2) is 4.79 Å². The van der Waals surface area contributed by atoms with Crippen LogP contribution in [0.3, 0.4) is 0 Å². The highest BCUT2D eigenvalue weighted by atomic mass is 19.4. The lowest BCUT2D eigenvalue weighted by atomic mass is 9.96. The molecule has 0 fully saturated rings. The van der Waals surface area contributed by atoms with Gasteiger partial charge >= 0.3 is 12.1 Å². The Kier molecular flexibility index (Phi) is 5.87. The molecule has 0 heterocycles. The first-order valence-electron chi connectivity index (χ1n) is 7.75. The summed E-state index contributed by atoms with van der Waals surface area (Å²) in [6.07, 6.45) is -0.506. The highest BCUT2D eigenvalue weighted by Gasteiger charge is 2.30. The van der Waals surface area contributed by atoms with Crippen molar-refractivity contribution in [2.75, 3.05) is 19.0 Å². The number of carboxylic acid groups (broad SMARTS) is 1. The predicted molar refractivity (Wildman–Crippen MR) is 96.1 cm³/mol. The standard InChI is InChI=1S/C20H18F3NO2/c1-24(2)17-12-8-15(9-13-17)18(4-3-5-19(25)26)14-6-10-16(11-7-14)20(21,22)23/h3-13H,1-2H3,(H,25,26)/b5-3+,18-4+. The molecule has 0 aliphatic rings. The summed E-state index contributed by atoms with van der Waals surface area (Å²) in [5.74, 6) is -1.10. The molecule has 2 aromatic rings. The molecular formula is C20H18F3NO2. The maximum Gasteiger partial charge on any atom is 0.416 e. The normalized spacial score (nSPS) is 12.4. The number of allylic oxidation sites excluding steroid dienone is 2. The monoisotopic (exact) mass is 361 g/mol. The van der Waals surface area contributed by atoms with Crippen LogP contribution < -0.4 is 4.90 Å². The summed E-state index contributed by atoms with van der Waals surface area (Å²) in [5.41, 5.74) is 2.20. The number of aliphatic carboxylic acids is 1. The van der Waals surface area contributed by atoms with E-state index in [4.69, 9.17) is 5.11 Å². The highest BCUT2D eigenvalue weighted by molar-refractivity contribution is 5.84. The van der Waals surface area contributed by atoms with E-state index in [1.165, 1.54) is 18.2 Å². The molecule has 26 heavy (non-hydrogen) atoms. The van der Waals surface area contributed by atoms with Crippen molar-refractivity contribution in [3.8, 4) is 0 Å². The molecule has 0 amide bonds. The number of nitrogens with zero attached hydrogens (tertiary/aromatic N) is 1. The second-order valence-electron chi connectivity index (χ2n) is 5.79. The zero-order valence-electron chi connectivity index (χ0n) is 14.3. The third-order valence-corrected chi connectivity index (χ3v) is 3.72. The maximum absolute atomic E-state index is 12.8. The second-order valence-corrected chi connectivity index (χ2v) is 5.79. The molecular weight excluding hydrogens is 343 g/mol. The average Bonchev–Trinajstić information content (AvgIpc) is 2.58. The van der Waals surface area contributed by atoms with E-state index in [9.17, 15) is 18.0 Å². The average molecular weight is 361 g/mol. The van der Waals surface area contributed by atoms with E-state index in [2.05, 4.69) is 0 Å². The first-order chi connectivity index (χ1) is 12.2. The van der Waals surface area contributed by atoms with Gasteiger partial charge in [0.05, 0.1) is 5.56 Å². The number of carboxylic acids is 1. The Bertz CT molecular complexity index is 818. The van der Waals surface area contributed by atoms with Gasteiger partial charge in [0, 0.05) is 25.9 Å². The third-order valence-electron chi connectivity index (χ3n) is 3.72. The first kappa shape index (κ1) is 19.3. The van der Waals surface area contributed by atoms with Crippen LogP contribution >= 0.6 is 0 Å². The van der Waals surface area contributed by atoms with Gasteiger partial charge in [-0.3, -0.25) is 0 Å². The third kappa shape index (κ3) is 4.99. The second kappa shape index (κ2) is 7.91. The Balaban J connectivity index is 2.46. The number of hydrogen-bond donors (Lipinski definition) is 1. The largest absolute Gasteiger partial charge is 0.478 e. The topological polar surface area (TPSA) is 40.5 Å². The van der Waals surface area contributed by atoms with Gasteiger partial charge in [-0.2, -0.15) is 13.2 Å². The molecule has 0 aromatic heterocycles. The molecule has 0 unspecified atom stereocenters. The van der Waals surface area contributed by atoms with Gasteiger partial charge in [0.25, 0.3) is 0 Å². The van der Waals surface area contributed by atoms with Crippen LogP contribution in [0.5, 0.6) is 0 Å². The van der Waals surface area contributed by atoms with Crippen molar-refractivity contribution in [1.82, 2.24) is 0 Å². The van der Waals surface area contributed by atoms with Gasteiger partial charge < -0.3 is 10.0 Å². The minimum atomic E-state index is -4.40. The quantitative estimate of drug-likeness (QED) is 0.612. The summed E-state index contributed by atoms with van der Waals surface area (Å²) >= 11 is 0. The predicted octanol–water partition coefficient (Wildman–Crippen LogP) is 4.84. The van der Waals surface area contributed by atoms with Crippen LogP contribution in [0.2, 0.25) is 0 Å². The van der Waals surface area contributed by atoms with E-state index < -0.39 is 17.7 Å². The molecule has 0 radical (unpaired) electrons. The minimum absolute atomic E-state index is 0.561. The van der Waals surface area contributed by atoms with Crippen LogP contribution in [0.4, 0.5) is 18.9 Å². The fraction of sp³-hybridized carbons (Fsp3) is 0.150. The number of hydrogen-bond acceptors (Lipinski definition) is 2. The van der Waals surface area contributed by atoms with E-state index >= 15 is 0 Å². The van der Waals surface area contributed by atoms with Crippen LogP contribution in [0.1, 0.15) is 16.7 Å². The van der Waals surface area contributed by atoms with Gasteiger partial charge in [0.15, 0.2) is 0 Å². The molecule has 0 saturated carbocycles. The number of carbonyl (C=O) groups is 1. The molecule has 0 spiro atoms. The molecule has 136 valence electrons. The number of rotatable bonds is 5. The molecule has 0 bridgehead atoms. The number of benzene rings is 2. The van der Waals surface area contributed by atoms with Crippen molar-refractivity contribution in [2.45, 2.75) is 6.18 Å². The van der Waals surface area contributed by atoms with Crippen LogP contribution in [0, 0.1) is 0 Å². The van der Waals surface area contributed by atoms with Crippen molar-refractivity contribution in [3.63, 3.8) is 0 Å². The SMILES string of the molecule is CN(C)c1ccc(/C(=C/C=C/C(=O)O)c2ccc(C(F)(F)F)cc2)cc1. The van der Waals surface area contributed by atoms with Gasteiger partial charge in [-0.15, -0.1) is 0 Å². The summed E-state index contributed by atoms with van der Waals surface area (Å²) in [6, 6.07) is 12.2. The van der Waals surface area contributed by atoms with Crippen LogP contribution in [0.15, 0.2) is 66.8 Å². The zero-order chi connectivity index (χ0) is 19.3. The Morgan fingerprint density at radius 2 is 1.46 bits per heavy atom.